The van der Waals surface area contributed by atoms with Crippen molar-refractivity contribution in [3.05, 3.63) is 36.4 Å². The molecule has 4 aliphatic carbocycles. The van der Waals surface area contributed by atoms with Crippen LogP contribution in [-0.4, -0.2) is 110 Å². The summed E-state index contributed by atoms with van der Waals surface area (Å²) < 4.78 is 41.2. The third-order valence-corrected chi connectivity index (χ3v) is 15.2. The number of imide groups is 4. The topological polar surface area (TPSA) is 258 Å². The lowest BCUT2D eigenvalue weighted by Crippen LogP contribution is -2.66. The van der Waals surface area contributed by atoms with Crippen LogP contribution in [0.4, 0.5) is 21.0 Å². The molecule has 8 rings (SSSR count). The molecule has 8 amide bonds. The lowest BCUT2D eigenvalue weighted by atomic mass is 9.91. The molecular weight excluding hydrogens is 897 g/mol. The number of rotatable bonds is 13. The Morgan fingerprint density at radius 3 is 1.21 bits per heavy atom. The van der Waals surface area contributed by atoms with Crippen LogP contribution < -0.4 is 0 Å². The van der Waals surface area contributed by atoms with Crippen LogP contribution in [-0.2, 0) is 38.7 Å². The van der Waals surface area contributed by atoms with E-state index >= 15 is 0 Å². The Morgan fingerprint density at radius 1 is 0.515 bits per heavy atom. The fraction of sp³-hybridized carbons (Fsp3) is 0.591. The second-order valence-electron chi connectivity index (χ2n) is 17.9. The molecule has 0 atom stereocenters. The third kappa shape index (κ3) is 9.98. The third-order valence-electron chi connectivity index (χ3n) is 13.7. The van der Waals surface area contributed by atoms with Gasteiger partial charge in [0.1, 0.15) is 4.90 Å². The van der Waals surface area contributed by atoms with Crippen LogP contribution >= 0.6 is 12.0 Å². The summed E-state index contributed by atoms with van der Waals surface area (Å²) in [6.07, 6.45) is 15.5. The van der Waals surface area contributed by atoms with Crippen LogP contribution in [0.15, 0.2) is 66.6 Å². The summed E-state index contributed by atoms with van der Waals surface area (Å²) in [5.41, 5.74) is -0.0558. The molecular formula is C44H54N8O12S2. The van der Waals surface area contributed by atoms with Gasteiger partial charge in [0.25, 0.3) is 33.7 Å². The Balaban J connectivity index is 1.09. The van der Waals surface area contributed by atoms with Gasteiger partial charge in [-0.1, -0.05) is 94.2 Å². The van der Waals surface area contributed by atoms with Gasteiger partial charge in [-0.05, 0) is 81.2 Å². The molecule has 6 fully saturated rings. The molecule has 2 aromatic carbocycles. The summed E-state index contributed by atoms with van der Waals surface area (Å²) in [4.78, 5) is 87.5. The number of azo groups is 2. The Bertz CT molecular complexity index is 2300. The SMILES string of the molecule is O=C1C(N=Nc2ccc(-c3ccc(N=NC4C(=O)N(C5CCCCC5)C(=O)N(C5CCCCC5)C4=O)cc3S(=O)(=O)O)c(SOOO)c2)C(=O)N(C2CCCCC2)C(=O)N1C1CCCCC1. The van der Waals surface area contributed by atoms with E-state index in [-0.39, 0.29) is 39.5 Å². The van der Waals surface area contributed by atoms with Crippen LogP contribution in [0.3, 0.4) is 0 Å². The van der Waals surface area contributed by atoms with Crippen LogP contribution in [0.2, 0.25) is 0 Å². The zero-order valence-electron chi connectivity index (χ0n) is 36.4. The maximum atomic E-state index is 13.9. The van der Waals surface area contributed by atoms with Gasteiger partial charge in [-0.15, -0.1) is 4.33 Å². The summed E-state index contributed by atoms with van der Waals surface area (Å²) in [6, 6.07) is 1.71. The lowest BCUT2D eigenvalue weighted by Gasteiger charge is -2.44. The summed E-state index contributed by atoms with van der Waals surface area (Å²) in [5.74, 6) is -3.09. The van der Waals surface area contributed by atoms with Crippen molar-refractivity contribution >= 4 is 69.2 Å². The highest BCUT2D eigenvalue weighted by Gasteiger charge is 2.52. The highest BCUT2D eigenvalue weighted by molar-refractivity contribution is 7.94. The minimum Gasteiger partial charge on any atom is -0.282 e. The zero-order chi connectivity index (χ0) is 46.5. The highest BCUT2D eigenvalue weighted by atomic mass is 32.2. The summed E-state index contributed by atoms with van der Waals surface area (Å²) in [5, 5.41) is 29.6. The maximum Gasteiger partial charge on any atom is 0.334 e. The van der Waals surface area contributed by atoms with Gasteiger partial charge in [0, 0.05) is 34.6 Å². The van der Waals surface area contributed by atoms with Crippen LogP contribution in [0.5, 0.6) is 0 Å². The molecule has 2 saturated heterocycles. The first-order valence-corrected chi connectivity index (χ1v) is 25.2. The van der Waals surface area contributed by atoms with Crippen molar-refractivity contribution in [3.63, 3.8) is 0 Å². The number of nitrogens with zero attached hydrogens (tertiary/aromatic N) is 8. The molecule has 66 heavy (non-hydrogen) atoms. The Hall–Kier alpha value is -5.00. The van der Waals surface area contributed by atoms with E-state index in [2.05, 4.69) is 25.5 Å². The van der Waals surface area contributed by atoms with Crippen molar-refractivity contribution in [1.29, 1.82) is 0 Å². The number of urea groups is 2. The van der Waals surface area contributed by atoms with Gasteiger partial charge >= 0.3 is 12.1 Å². The standard InChI is InChI=1S/C44H54N8O12S2/c53-39-37(40(54)50(30-15-7-2-8-16-30)43(57)49(39)29-13-5-1-6-14-29)47-45-27-21-23-33(35(25-27)65-64-63-59)34-24-22-28(26-36(34)66(60,61)62)46-48-38-41(55)51(31-17-9-3-10-18-31)44(58)52(42(38)56)32-19-11-4-12-20-32/h21-26,29-32,37-38,59H,1-20H2,(H,60,61,62). The van der Waals surface area contributed by atoms with Gasteiger partial charge in [0.05, 0.1) is 23.4 Å². The van der Waals surface area contributed by atoms with Crippen LogP contribution in [0, 0.1) is 0 Å². The van der Waals surface area contributed by atoms with E-state index in [0.29, 0.717) is 63.4 Å². The fourth-order valence-electron chi connectivity index (χ4n) is 10.4. The van der Waals surface area contributed by atoms with Gasteiger partial charge in [0.2, 0.25) is 12.1 Å². The summed E-state index contributed by atoms with van der Waals surface area (Å²) >= 11 is 0.435. The fourth-order valence-corrected chi connectivity index (χ4v) is 11.7. The molecule has 22 heteroatoms. The van der Waals surface area contributed by atoms with Crippen LogP contribution in [0.1, 0.15) is 128 Å². The van der Waals surface area contributed by atoms with Crippen molar-refractivity contribution in [2.75, 3.05) is 0 Å². The number of carbonyl (C=O) groups excluding carboxylic acids is 6. The molecule has 0 radical (unpaired) electrons. The first-order chi connectivity index (χ1) is 31.9. The summed E-state index contributed by atoms with van der Waals surface area (Å²) in [7, 11) is -5.02. The molecule has 2 aliphatic heterocycles. The smallest absolute Gasteiger partial charge is 0.282 e. The lowest BCUT2D eigenvalue weighted by molar-refractivity contribution is -0.432. The van der Waals surface area contributed by atoms with E-state index in [1.54, 1.807) is 0 Å². The number of barbiturate groups is 2. The minimum atomic E-state index is -5.02. The highest BCUT2D eigenvalue weighted by Crippen LogP contribution is 2.41. The maximum absolute atomic E-state index is 13.9. The van der Waals surface area contributed by atoms with Gasteiger partial charge in [-0.2, -0.15) is 28.9 Å². The van der Waals surface area contributed by atoms with Crippen molar-refractivity contribution in [2.24, 2.45) is 20.5 Å². The molecule has 354 valence electrons. The second-order valence-corrected chi connectivity index (χ2v) is 20.0. The number of hydrogen-bond acceptors (Lipinski definition) is 16. The molecule has 2 aromatic rings. The zero-order valence-corrected chi connectivity index (χ0v) is 38.1. The Labute approximate surface area is 386 Å². The van der Waals surface area contributed by atoms with Crippen molar-refractivity contribution in [3.8, 4) is 11.1 Å². The van der Waals surface area contributed by atoms with Crippen LogP contribution in [0.25, 0.3) is 11.1 Å². The van der Waals surface area contributed by atoms with Gasteiger partial charge in [-0.3, -0.25) is 43.3 Å². The average molecular weight is 951 g/mol. The number of hydrogen-bond donors (Lipinski definition) is 2. The van der Waals surface area contributed by atoms with E-state index < -0.39 is 74.9 Å². The van der Waals surface area contributed by atoms with E-state index in [1.807, 2.05) is 0 Å². The quantitative estimate of drug-likeness (QED) is 0.0475. The molecule has 0 spiro atoms. The minimum absolute atomic E-state index is 0.0670. The predicted octanol–water partition coefficient (Wildman–Crippen LogP) is 8.85. The molecule has 20 nitrogen and oxygen atoms in total. The van der Waals surface area contributed by atoms with Gasteiger partial charge in [-0.25, -0.2) is 14.8 Å². The van der Waals surface area contributed by atoms with Gasteiger partial charge < -0.3 is 0 Å². The predicted molar refractivity (Wildman–Crippen MR) is 235 cm³/mol. The molecule has 0 aromatic heterocycles. The van der Waals surface area contributed by atoms with E-state index in [9.17, 15) is 41.7 Å². The van der Waals surface area contributed by atoms with E-state index in [0.717, 1.165) is 92.9 Å². The first-order valence-electron chi connectivity index (χ1n) is 23.0. The number of benzene rings is 2. The molecule has 0 bridgehead atoms. The largest absolute Gasteiger partial charge is 0.334 e. The molecule has 4 saturated carbocycles. The monoisotopic (exact) mass is 950 g/mol. The number of carbonyl (C=O) groups is 6. The molecule has 0 unspecified atom stereocenters. The molecule has 2 N–H and O–H groups in total. The Morgan fingerprint density at radius 2 is 0.864 bits per heavy atom. The van der Waals surface area contributed by atoms with Crippen molar-refractivity contribution < 1.29 is 56.4 Å². The van der Waals surface area contributed by atoms with Crippen molar-refractivity contribution in [2.45, 2.75) is 174 Å². The second kappa shape index (κ2) is 20.9. The Kier molecular flexibility index (Phi) is 15.0. The molecule has 2 heterocycles. The average Bonchev–Trinajstić information content (AvgIpc) is 3.32. The summed E-state index contributed by atoms with van der Waals surface area (Å²) in [6.45, 7) is 0. The first kappa shape index (κ1) is 47.5. The molecule has 6 aliphatic rings. The normalized spacial score (nSPS) is 22.6. The number of amides is 8. The van der Waals surface area contributed by atoms with E-state index in [4.69, 9.17) is 9.59 Å². The van der Waals surface area contributed by atoms with E-state index in [1.165, 1.54) is 40.1 Å². The van der Waals surface area contributed by atoms with Gasteiger partial charge in [0.15, 0.2) is 0 Å². The van der Waals surface area contributed by atoms with Crippen molar-refractivity contribution in [1.82, 2.24) is 19.6 Å².